The van der Waals surface area contributed by atoms with Gasteiger partial charge < -0.3 is 25.1 Å². The second-order valence-electron chi connectivity index (χ2n) is 9.57. The molecule has 0 radical (unpaired) electrons. The first-order valence-electron chi connectivity index (χ1n) is 13.3. The lowest BCUT2D eigenvalue weighted by Gasteiger charge is -2.22. The molecule has 0 fully saturated rings. The lowest BCUT2D eigenvalue weighted by atomic mass is 10.1. The van der Waals surface area contributed by atoms with E-state index in [0.717, 1.165) is 0 Å². The molecule has 232 valence electrons. The number of rotatable bonds is 10. The number of aliphatic imine (C=N–C) groups is 1. The van der Waals surface area contributed by atoms with Crippen molar-refractivity contribution < 1.29 is 37.1 Å². The maximum absolute atomic E-state index is 15.6. The summed E-state index contributed by atoms with van der Waals surface area (Å²) in [6, 6.07) is 11.1. The number of aromatic hydroxyl groups is 1. The molecule has 0 amide bonds. The molecule has 0 aliphatic carbocycles. The number of aromatic nitrogens is 2. The van der Waals surface area contributed by atoms with E-state index in [0.29, 0.717) is 23.2 Å². The van der Waals surface area contributed by atoms with Gasteiger partial charge in [0.2, 0.25) is 11.6 Å². The smallest absolute Gasteiger partial charge is 0.339 e. The molecule has 12 nitrogen and oxygen atoms in total. The normalized spacial score (nSPS) is 15.1. The van der Waals surface area contributed by atoms with Crippen LogP contribution in [0.4, 0.5) is 8.78 Å². The van der Waals surface area contributed by atoms with Crippen LogP contribution in [0.25, 0.3) is 0 Å². The first-order valence-corrected chi connectivity index (χ1v) is 14.5. The Hall–Kier alpha value is -5.28. The molecular weight excluding hydrogens is 610 g/mol. The van der Waals surface area contributed by atoms with Gasteiger partial charge in [0, 0.05) is 35.0 Å². The Kier molecular flexibility index (Phi) is 9.11. The van der Waals surface area contributed by atoms with Gasteiger partial charge in [0.1, 0.15) is 33.6 Å². The first-order chi connectivity index (χ1) is 21.6. The molecule has 15 heteroatoms. The van der Waals surface area contributed by atoms with Gasteiger partial charge in [-0.05, 0) is 62.5 Å². The number of phenols is 1. The van der Waals surface area contributed by atoms with Gasteiger partial charge in [-0.25, -0.2) is 23.4 Å². The summed E-state index contributed by atoms with van der Waals surface area (Å²) >= 11 is 0. The molecule has 3 heterocycles. The van der Waals surface area contributed by atoms with Gasteiger partial charge in [-0.2, -0.15) is 4.39 Å². The fourth-order valence-corrected chi connectivity index (χ4v) is 5.27. The largest absolute Gasteiger partial charge is 0.504 e. The highest BCUT2D eigenvalue weighted by Crippen LogP contribution is 2.40. The molecule has 0 spiro atoms. The van der Waals surface area contributed by atoms with Crippen LogP contribution in [0.5, 0.6) is 28.9 Å². The van der Waals surface area contributed by atoms with Crippen LogP contribution in [0.15, 0.2) is 75.8 Å². The third kappa shape index (κ3) is 6.63. The average Bonchev–Trinajstić information content (AvgIpc) is 3.46. The fraction of sp³-hybridized carbons (Fsp3) is 0.167. The predicted octanol–water partition coefficient (Wildman–Crippen LogP) is 4.69. The number of ether oxygens (including phenoxy) is 3. The molecule has 2 unspecified atom stereocenters. The molecule has 4 N–H and O–H groups in total. The topological polar surface area (TPSA) is 173 Å². The van der Waals surface area contributed by atoms with E-state index in [1.54, 1.807) is 20.2 Å². The molecule has 1 aliphatic heterocycles. The Bertz CT molecular complexity index is 1840. The van der Waals surface area contributed by atoms with Crippen molar-refractivity contribution in [1.82, 2.24) is 14.9 Å². The Balaban J connectivity index is 1.48. The molecule has 5 rings (SSSR count). The molecule has 2 aromatic carbocycles. The highest BCUT2D eigenvalue weighted by atomic mass is 32.2. The van der Waals surface area contributed by atoms with Crippen molar-refractivity contribution in [3.8, 4) is 28.9 Å². The second kappa shape index (κ2) is 13.2. The van der Waals surface area contributed by atoms with Gasteiger partial charge in [0.15, 0.2) is 17.3 Å². The quantitative estimate of drug-likeness (QED) is 0.126. The van der Waals surface area contributed by atoms with E-state index in [1.807, 2.05) is 4.90 Å². The number of nitrogen functional groups attached to an aromatic ring is 1. The molecule has 0 bridgehead atoms. The van der Waals surface area contributed by atoms with Crippen molar-refractivity contribution in [3.63, 3.8) is 0 Å². The molecule has 1 aliphatic rings. The van der Waals surface area contributed by atoms with Crippen molar-refractivity contribution in [2.75, 3.05) is 20.2 Å². The van der Waals surface area contributed by atoms with Crippen LogP contribution in [-0.2, 0) is 15.5 Å². The average molecular weight is 637 g/mol. The molecule has 2 aromatic heterocycles. The van der Waals surface area contributed by atoms with E-state index < -0.39 is 51.9 Å². The van der Waals surface area contributed by atoms with Gasteiger partial charge in [-0.15, -0.1) is 0 Å². The minimum Gasteiger partial charge on any atom is -0.504 e. The van der Waals surface area contributed by atoms with Crippen molar-refractivity contribution in [3.05, 3.63) is 89.2 Å². The summed E-state index contributed by atoms with van der Waals surface area (Å²) in [6.07, 6.45) is 2.98. The summed E-state index contributed by atoms with van der Waals surface area (Å²) in [5.41, 5.74) is 6.23. The molecular formula is C30H26F2N6O6S. The van der Waals surface area contributed by atoms with Gasteiger partial charge >= 0.3 is 5.97 Å². The van der Waals surface area contributed by atoms with Gasteiger partial charge in [-0.1, -0.05) is 0 Å². The zero-order valence-corrected chi connectivity index (χ0v) is 24.7. The third-order valence-corrected chi connectivity index (χ3v) is 7.84. The number of pyridine rings is 2. The number of nitrogens with one attached hydrogen (secondary N) is 1. The first kappa shape index (κ1) is 31.2. The van der Waals surface area contributed by atoms with E-state index in [4.69, 9.17) is 25.4 Å². The standard InChI is InChI=1S/C30H26F2N6O6S/c1-3-42-30(40)17-5-9-24(36-14-17)45(41)18-6-8-22(19(13-18)28-35-10-11-38(28)2)43-26-20(31)15-37-29(25(26)32)44-23-12-16(27(33)34)4-7-21(23)39/h4-10,12-15,28,39H,3,11H2,1-2H3,(H3,33,34). The third-order valence-electron chi connectivity index (χ3n) is 6.53. The summed E-state index contributed by atoms with van der Waals surface area (Å²) in [4.78, 5) is 26.3. The number of hydrogen-bond donors (Lipinski definition) is 3. The summed E-state index contributed by atoms with van der Waals surface area (Å²) in [5.74, 6) is -5.56. The summed E-state index contributed by atoms with van der Waals surface area (Å²) in [5, 5.41) is 17.9. The van der Waals surface area contributed by atoms with E-state index in [1.165, 1.54) is 54.7 Å². The van der Waals surface area contributed by atoms with Gasteiger partial charge in [-0.3, -0.25) is 15.3 Å². The minimum absolute atomic E-state index is 0.00800. The maximum Gasteiger partial charge on any atom is 0.339 e. The fourth-order valence-electron chi connectivity index (χ4n) is 4.26. The van der Waals surface area contributed by atoms with Crippen molar-refractivity contribution in [1.29, 1.82) is 5.41 Å². The Labute approximate surface area is 258 Å². The van der Waals surface area contributed by atoms with E-state index in [9.17, 15) is 18.5 Å². The number of hydrogen-bond acceptors (Lipinski definition) is 11. The summed E-state index contributed by atoms with van der Waals surface area (Å²) < 4.78 is 60.1. The maximum atomic E-state index is 15.6. The van der Waals surface area contributed by atoms with Gasteiger partial charge in [0.25, 0.3) is 5.88 Å². The van der Waals surface area contributed by atoms with Crippen molar-refractivity contribution in [2.24, 2.45) is 10.7 Å². The van der Waals surface area contributed by atoms with E-state index in [-0.39, 0.29) is 40.1 Å². The number of nitrogens with zero attached hydrogens (tertiary/aromatic N) is 4. The van der Waals surface area contributed by atoms with Crippen LogP contribution in [0, 0.1) is 17.0 Å². The number of carbonyl (C=O) groups is 1. The van der Waals surface area contributed by atoms with Crippen LogP contribution >= 0.6 is 0 Å². The molecule has 2 atom stereocenters. The monoisotopic (exact) mass is 636 g/mol. The van der Waals surface area contributed by atoms with Crippen LogP contribution < -0.4 is 15.2 Å². The van der Waals surface area contributed by atoms with E-state index in [2.05, 4.69) is 15.0 Å². The second-order valence-corrected chi connectivity index (χ2v) is 11.0. The number of nitrogens with two attached hydrogens (primary N) is 1. The number of phenolic OH excluding ortho intramolecular Hbond substituents is 1. The number of carbonyl (C=O) groups excluding carboxylic acids is 1. The Morgan fingerprint density at radius 2 is 1.87 bits per heavy atom. The highest BCUT2D eigenvalue weighted by molar-refractivity contribution is 7.85. The number of esters is 1. The van der Waals surface area contributed by atoms with Gasteiger partial charge in [0.05, 0.1) is 18.4 Å². The number of amidine groups is 1. The minimum atomic E-state index is -1.81. The molecule has 45 heavy (non-hydrogen) atoms. The molecule has 0 saturated carbocycles. The van der Waals surface area contributed by atoms with Crippen LogP contribution in [0.1, 0.15) is 34.6 Å². The van der Waals surface area contributed by atoms with E-state index >= 15 is 4.39 Å². The highest BCUT2D eigenvalue weighted by Gasteiger charge is 2.27. The zero-order valence-electron chi connectivity index (χ0n) is 23.9. The molecule has 4 aromatic rings. The van der Waals surface area contributed by atoms with Crippen LogP contribution in [0.2, 0.25) is 0 Å². The SMILES string of the molecule is CCOC(=O)c1ccc(S(=O)c2ccc(Oc3c(F)cnc(Oc4cc(C(=N)N)ccc4O)c3F)c(C3N=CCN3C)c2)nc1. The Morgan fingerprint density at radius 3 is 2.53 bits per heavy atom. The van der Waals surface area contributed by atoms with Crippen LogP contribution in [0.3, 0.4) is 0 Å². The lowest BCUT2D eigenvalue weighted by molar-refractivity contribution is 0.0525. The lowest BCUT2D eigenvalue weighted by Crippen LogP contribution is -2.19. The summed E-state index contributed by atoms with van der Waals surface area (Å²) in [7, 11) is -0.0265. The molecule has 0 saturated heterocycles. The van der Waals surface area contributed by atoms with Crippen LogP contribution in [-0.4, -0.2) is 62.4 Å². The summed E-state index contributed by atoms with van der Waals surface area (Å²) in [6.45, 7) is 2.35. The Morgan fingerprint density at radius 1 is 1.09 bits per heavy atom. The zero-order chi connectivity index (χ0) is 32.2. The predicted molar refractivity (Wildman–Crippen MR) is 159 cm³/mol. The number of halogens is 2. The number of benzene rings is 2. The van der Waals surface area contributed by atoms with Crippen molar-refractivity contribution >= 4 is 28.8 Å². The van der Waals surface area contributed by atoms with Crippen molar-refractivity contribution in [2.45, 2.75) is 23.0 Å².